The van der Waals surface area contributed by atoms with Gasteiger partial charge in [0.15, 0.2) is 0 Å². The van der Waals surface area contributed by atoms with Crippen LogP contribution in [0, 0.1) is 11.3 Å². The van der Waals surface area contributed by atoms with E-state index in [4.69, 9.17) is 28.5 Å². The van der Waals surface area contributed by atoms with E-state index in [0.29, 0.717) is 33.5 Å². The van der Waals surface area contributed by atoms with Crippen LogP contribution in [-0.2, 0) is 6.54 Å². The maximum atomic E-state index is 8.93. The average molecular weight is 329 g/mol. The number of pyridine rings is 1. The molecule has 2 aromatic heterocycles. The Morgan fingerprint density at radius 3 is 2.82 bits per heavy atom. The Bertz CT molecular complexity index is 865. The zero-order chi connectivity index (χ0) is 15.5. The molecule has 0 amide bonds. The predicted octanol–water partition coefficient (Wildman–Crippen LogP) is 4.17. The van der Waals surface area contributed by atoms with Gasteiger partial charge in [-0.3, -0.25) is 4.98 Å². The number of aromatic nitrogens is 3. The molecule has 0 unspecified atom stereocenters. The third-order valence-electron chi connectivity index (χ3n) is 3.17. The zero-order valence-electron chi connectivity index (χ0n) is 11.4. The van der Waals surface area contributed by atoms with Crippen LogP contribution in [0.25, 0.3) is 11.4 Å². The minimum Gasteiger partial charge on any atom is -0.332 e. The number of imidazole rings is 1. The third-order valence-corrected chi connectivity index (χ3v) is 4.03. The summed E-state index contributed by atoms with van der Waals surface area (Å²) in [6, 6.07) is 11.0. The molecule has 0 saturated carbocycles. The van der Waals surface area contributed by atoms with E-state index in [2.05, 4.69) is 16.0 Å². The monoisotopic (exact) mass is 328 g/mol. The molecule has 3 aromatic rings. The highest BCUT2D eigenvalue weighted by Crippen LogP contribution is 2.26. The molecular formula is C16H10Cl2N4. The lowest BCUT2D eigenvalue weighted by atomic mass is 10.2. The van der Waals surface area contributed by atoms with Crippen molar-refractivity contribution >= 4 is 23.2 Å². The summed E-state index contributed by atoms with van der Waals surface area (Å²) >= 11 is 12.2. The van der Waals surface area contributed by atoms with E-state index >= 15 is 0 Å². The van der Waals surface area contributed by atoms with E-state index in [1.807, 2.05) is 22.9 Å². The zero-order valence-corrected chi connectivity index (χ0v) is 12.9. The smallest absolute Gasteiger partial charge is 0.107 e. The number of hydrogen-bond acceptors (Lipinski definition) is 3. The molecule has 108 valence electrons. The van der Waals surface area contributed by atoms with Gasteiger partial charge in [-0.25, -0.2) is 4.98 Å². The number of rotatable bonds is 3. The van der Waals surface area contributed by atoms with Gasteiger partial charge in [0, 0.05) is 12.4 Å². The molecule has 0 radical (unpaired) electrons. The van der Waals surface area contributed by atoms with Gasteiger partial charge in [-0.1, -0.05) is 35.3 Å². The lowest BCUT2D eigenvalue weighted by Gasteiger charge is -2.06. The van der Waals surface area contributed by atoms with Crippen molar-refractivity contribution in [1.82, 2.24) is 14.5 Å². The van der Waals surface area contributed by atoms with Crippen LogP contribution in [0.5, 0.6) is 0 Å². The van der Waals surface area contributed by atoms with E-state index in [1.165, 1.54) is 0 Å². The molecular weight excluding hydrogens is 319 g/mol. The highest BCUT2D eigenvalue weighted by atomic mass is 35.5. The molecule has 0 bridgehead atoms. The van der Waals surface area contributed by atoms with Crippen LogP contribution in [0.2, 0.25) is 10.0 Å². The van der Waals surface area contributed by atoms with Crippen LogP contribution in [0.1, 0.15) is 11.1 Å². The fraction of sp³-hybridized carbons (Fsp3) is 0.0625. The van der Waals surface area contributed by atoms with E-state index < -0.39 is 0 Å². The number of hydrogen-bond donors (Lipinski definition) is 0. The van der Waals surface area contributed by atoms with Crippen molar-refractivity contribution in [3.05, 3.63) is 70.2 Å². The molecule has 0 atom stereocenters. The fourth-order valence-corrected chi connectivity index (χ4v) is 2.47. The molecule has 6 heteroatoms. The Hall–Kier alpha value is -2.35. The van der Waals surface area contributed by atoms with Gasteiger partial charge in [-0.05, 0) is 23.8 Å². The summed E-state index contributed by atoms with van der Waals surface area (Å²) in [7, 11) is 0. The molecule has 0 aliphatic carbocycles. The molecule has 3 rings (SSSR count). The van der Waals surface area contributed by atoms with Gasteiger partial charge in [-0.2, -0.15) is 5.26 Å². The van der Waals surface area contributed by atoms with Crippen LogP contribution in [0.3, 0.4) is 0 Å². The third kappa shape index (κ3) is 2.96. The van der Waals surface area contributed by atoms with Gasteiger partial charge in [0.1, 0.15) is 5.69 Å². The minimum atomic E-state index is 0.530. The quantitative estimate of drug-likeness (QED) is 0.724. The van der Waals surface area contributed by atoms with Gasteiger partial charge in [0.25, 0.3) is 0 Å². The van der Waals surface area contributed by atoms with Crippen molar-refractivity contribution in [1.29, 1.82) is 5.26 Å². The van der Waals surface area contributed by atoms with Gasteiger partial charge in [0.2, 0.25) is 0 Å². The van der Waals surface area contributed by atoms with Crippen LogP contribution >= 0.6 is 23.2 Å². The molecule has 0 saturated heterocycles. The van der Waals surface area contributed by atoms with E-state index in [-0.39, 0.29) is 0 Å². The summed E-state index contributed by atoms with van der Waals surface area (Å²) in [5, 5.41) is 10.0. The summed E-state index contributed by atoms with van der Waals surface area (Å²) < 4.78 is 1.90. The number of nitriles is 1. The minimum absolute atomic E-state index is 0.530. The summed E-state index contributed by atoms with van der Waals surface area (Å²) in [6.45, 7) is 0.560. The second kappa shape index (κ2) is 6.18. The molecule has 0 spiro atoms. The molecule has 4 nitrogen and oxygen atoms in total. The van der Waals surface area contributed by atoms with Crippen molar-refractivity contribution in [2.75, 3.05) is 0 Å². The van der Waals surface area contributed by atoms with Gasteiger partial charge >= 0.3 is 0 Å². The first-order valence-electron chi connectivity index (χ1n) is 6.48. The highest BCUT2D eigenvalue weighted by Gasteiger charge is 2.08. The topological polar surface area (TPSA) is 54.5 Å². The molecule has 0 N–H and O–H groups in total. The molecule has 2 heterocycles. The first-order chi connectivity index (χ1) is 10.7. The second-order valence-corrected chi connectivity index (χ2v) is 5.47. The molecule has 1 aromatic carbocycles. The maximum Gasteiger partial charge on any atom is 0.107 e. The van der Waals surface area contributed by atoms with Gasteiger partial charge in [-0.15, -0.1) is 0 Å². The summed E-state index contributed by atoms with van der Waals surface area (Å²) in [4.78, 5) is 8.56. The lowest BCUT2D eigenvalue weighted by Crippen LogP contribution is -1.97. The van der Waals surface area contributed by atoms with Crippen molar-refractivity contribution < 1.29 is 0 Å². The van der Waals surface area contributed by atoms with E-state index in [1.54, 1.807) is 30.7 Å². The van der Waals surface area contributed by atoms with Gasteiger partial charge in [0.05, 0.1) is 40.2 Å². The van der Waals surface area contributed by atoms with E-state index in [0.717, 1.165) is 5.56 Å². The van der Waals surface area contributed by atoms with Crippen LogP contribution in [0.15, 0.2) is 49.1 Å². The number of benzene rings is 1. The Morgan fingerprint density at radius 1 is 1.14 bits per heavy atom. The largest absolute Gasteiger partial charge is 0.332 e. The Balaban J connectivity index is 1.88. The summed E-state index contributed by atoms with van der Waals surface area (Å²) in [5.41, 5.74) is 2.83. The van der Waals surface area contributed by atoms with E-state index in [9.17, 15) is 0 Å². The highest BCUT2D eigenvalue weighted by molar-refractivity contribution is 6.42. The molecule has 0 aliphatic rings. The summed E-state index contributed by atoms with van der Waals surface area (Å²) in [6.07, 6.45) is 5.16. The summed E-state index contributed by atoms with van der Waals surface area (Å²) in [5.74, 6) is 0. The van der Waals surface area contributed by atoms with Gasteiger partial charge < -0.3 is 4.57 Å². The van der Waals surface area contributed by atoms with Crippen LogP contribution in [0.4, 0.5) is 0 Å². The normalized spacial score (nSPS) is 10.4. The Morgan fingerprint density at radius 2 is 2.00 bits per heavy atom. The number of halogens is 2. The molecule has 22 heavy (non-hydrogen) atoms. The van der Waals surface area contributed by atoms with Crippen molar-refractivity contribution in [2.24, 2.45) is 0 Å². The molecule has 0 fully saturated rings. The first kappa shape index (κ1) is 14.6. The Kier molecular flexibility index (Phi) is 4.10. The standard InChI is InChI=1S/C16H10Cl2N4/c17-13-3-1-2-12(16(13)18)8-22-9-15(21-10-22)14-6-11(7-19)4-5-20-14/h1-6,9-10H,8H2. The maximum absolute atomic E-state index is 8.93. The van der Waals surface area contributed by atoms with Crippen LogP contribution < -0.4 is 0 Å². The predicted molar refractivity (Wildman–Crippen MR) is 85.7 cm³/mol. The fourth-order valence-electron chi connectivity index (χ4n) is 2.09. The van der Waals surface area contributed by atoms with Crippen LogP contribution in [-0.4, -0.2) is 14.5 Å². The number of nitrogens with zero attached hydrogens (tertiary/aromatic N) is 4. The Labute approximate surface area is 137 Å². The molecule has 0 aliphatic heterocycles. The van der Waals surface area contributed by atoms with Crippen molar-refractivity contribution in [2.45, 2.75) is 6.54 Å². The first-order valence-corrected chi connectivity index (χ1v) is 7.24. The van der Waals surface area contributed by atoms with Crippen molar-refractivity contribution in [3.63, 3.8) is 0 Å². The SMILES string of the molecule is N#Cc1ccnc(-c2cn(Cc3cccc(Cl)c3Cl)cn2)c1. The average Bonchev–Trinajstić information content (AvgIpc) is 3.00. The van der Waals surface area contributed by atoms with Crippen molar-refractivity contribution in [3.8, 4) is 17.5 Å². The second-order valence-electron chi connectivity index (χ2n) is 4.69. The lowest BCUT2D eigenvalue weighted by molar-refractivity contribution is 0.798.